The molecule has 0 spiro atoms. The van der Waals surface area contributed by atoms with E-state index < -0.39 is 5.82 Å². The number of aryl methyl sites for hydroxylation is 2. The monoisotopic (exact) mass is 741 g/mol. The number of nitrogens with zero attached hydrogens (tertiary/aromatic N) is 9. The second-order valence-electron chi connectivity index (χ2n) is 14.1. The lowest BCUT2D eigenvalue weighted by molar-refractivity contribution is -0.120. The van der Waals surface area contributed by atoms with Gasteiger partial charge in [-0.25, -0.2) is 24.1 Å². The van der Waals surface area contributed by atoms with Gasteiger partial charge in [0, 0.05) is 89.0 Å². The fourth-order valence-electron chi connectivity index (χ4n) is 7.61. The Balaban J connectivity index is 0.853. The summed E-state index contributed by atoms with van der Waals surface area (Å²) in [5.74, 6) is 1.27. The molecule has 2 N–H and O–H groups in total. The number of ether oxygens (including phenoxy) is 1. The number of nitrogens with one attached hydrogen (secondary N) is 2. The van der Waals surface area contributed by atoms with Crippen molar-refractivity contribution in [3.63, 3.8) is 0 Å². The molecule has 16 heteroatoms. The maximum atomic E-state index is 15.6. The van der Waals surface area contributed by atoms with Gasteiger partial charge in [0.25, 0.3) is 0 Å². The molecule has 5 aromatic rings. The molecule has 3 aliphatic heterocycles. The number of anilines is 3. The average molecular weight is 742 g/mol. The van der Waals surface area contributed by atoms with E-state index >= 15 is 4.39 Å². The van der Waals surface area contributed by atoms with Crippen molar-refractivity contribution in [1.29, 1.82) is 0 Å². The molecule has 3 amide bonds. The van der Waals surface area contributed by atoms with Gasteiger partial charge in [-0.1, -0.05) is 11.6 Å². The molecular formula is C37H41ClFN11O3. The van der Waals surface area contributed by atoms with Crippen molar-refractivity contribution in [2.45, 2.75) is 39.2 Å². The first-order chi connectivity index (χ1) is 25.6. The number of carbonyl (C=O) groups is 2. The molecule has 0 saturated carbocycles. The van der Waals surface area contributed by atoms with Crippen molar-refractivity contribution in [3.05, 3.63) is 65.5 Å². The Bertz CT molecular complexity index is 2170. The van der Waals surface area contributed by atoms with Gasteiger partial charge in [0.2, 0.25) is 5.91 Å². The maximum absolute atomic E-state index is 15.6. The summed E-state index contributed by atoms with van der Waals surface area (Å²) in [6.07, 6.45) is 7.33. The molecule has 8 rings (SSSR count). The Morgan fingerprint density at radius 3 is 2.47 bits per heavy atom. The van der Waals surface area contributed by atoms with Gasteiger partial charge in [0.1, 0.15) is 22.1 Å². The molecule has 7 heterocycles. The lowest BCUT2D eigenvalue weighted by Crippen LogP contribution is -2.54. The van der Waals surface area contributed by atoms with Crippen LogP contribution in [0.2, 0.25) is 5.02 Å². The minimum atomic E-state index is -0.462. The molecular weight excluding hydrogens is 701 g/mol. The van der Waals surface area contributed by atoms with E-state index in [9.17, 15) is 9.59 Å². The molecule has 276 valence electrons. The van der Waals surface area contributed by atoms with Crippen LogP contribution < -0.4 is 24.8 Å². The quantitative estimate of drug-likeness (QED) is 0.209. The minimum Gasteiger partial charge on any atom is -0.452 e. The SMILES string of the molecule is Cc1nn(C)cc1-c1nc2ncc(Cl)c(Oc3cnc(N4CCN(CC5CCN(c6ccc(N7CCC(=O)NC7=O)cc6)CC5)[C@H](C)C4)c(F)c3)c2[nH]1. The smallest absolute Gasteiger partial charge is 0.328 e. The van der Waals surface area contributed by atoms with Crippen LogP contribution in [0.5, 0.6) is 11.5 Å². The molecule has 3 saturated heterocycles. The zero-order valence-electron chi connectivity index (χ0n) is 29.9. The number of H-pyrrole nitrogens is 1. The number of aromatic amines is 1. The summed E-state index contributed by atoms with van der Waals surface area (Å²) in [5, 5.41) is 7.03. The van der Waals surface area contributed by atoms with Gasteiger partial charge in [0.15, 0.2) is 23.0 Å². The van der Waals surface area contributed by atoms with E-state index in [1.807, 2.05) is 37.2 Å². The second kappa shape index (κ2) is 14.3. The van der Waals surface area contributed by atoms with E-state index in [2.05, 4.69) is 59.2 Å². The van der Waals surface area contributed by atoms with Crippen LogP contribution in [0.4, 0.5) is 26.4 Å². The molecule has 0 bridgehead atoms. The number of benzene rings is 1. The number of pyridine rings is 2. The summed E-state index contributed by atoms with van der Waals surface area (Å²) in [5.41, 5.74) is 4.48. The lowest BCUT2D eigenvalue weighted by Gasteiger charge is -2.43. The largest absolute Gasteiger partial charge is 0.452 e. The first-order valence-electron chi connectivity index (χ1n) is 17.9. The molecule has 14 nitrogen and oxygen atoms in total. The Morgan fingerprint density at radius 2 is 1.77 bits per heavy atom. The molecule has 0 aliphatic carbocycles. The average Bonchev–Trinajstić information content (AvgIpc) is 3.73. The van der Waals surface area contributed by atoms with Crippen molar-refractivity contribution < 1.29 is 18.7 Å². The van der Waals surface area contributed by atoms with Gasteiger partial charge >= 0.3 is 6.03 Å². The van der Waals surface area contributed by atoms with Crippen molar-refractivity contribution in [1.82, 2.24) is 39.9 Å². The Morgan fingerprint density at radius 1 is 1.00 bits per heavy atom. The number of amides is 3. The standard InChI is InChI=1S/C37H41ClFN11O3/c1-22-19-49(15-14-48(22)20-24-8-11-47(12-9-24)25-4-6-26(7-5-25)50-13-10-31(51)42-37(50)52)36-30(39)16-27(17-41-36)53-33-29(38)18-40-35-32(33)43-34(44-35)28-21-46(3)45-23(28)2/h4-7,16-18,21-22,24H,8-15,19-20H2,1-3H3,(H,40,43,44)(H,42,51,52)/t22-/m1/s1. The number of carbonyl (C=O) groups excluding carboxylic acids is 2. The highest BCUT2D eigenvalue weighted by molar-refractivity contribution is 6.32. The molecule has 3 aliphatic rings. The van der Waals surface area contributed by atoms with E-state index in [0.29, 0.717) is 60.5 Å². The Labute approximate surface area is 310 Å². The van der Waals surface area contributed by atoms with Crippen LogP contribution in [0.25, 0.3) is 22.6 Å². The topological polar surface area (TPSA) is 141 Å². The van der Waals surface area contributed by atoms with E-state index in [-0.39, 0.29) is 28.8 Å². The van der Waals surface area contributed by atoms with Crippen LogP contribution in [-0.2, 0) is 11.8 Å². The van der Waals surface area contributed by atoms with Crippen LogP contribution in [-0.4, -0.2) is 98.4 Å². The van der Waals surface area contributed by atoms with Crippen molar-refractivity contribution in [3.8, 4) is 22.9 Å². The third-order valence-corrected chi connectivity index (χ3v) is 10.7. The first-order valence-corrected chi connectivity index (χ1v) is 18.3. The molecule has 1 atom stereocenters. The lowest BCUT2D eigenvalue weighted by atomic mass is 9.94. The number of rotatable bonds is 8. The number of fused-ring (bicyclic) bond motifs is 1. The van der Waals surface area contributed by atoms with Crippen LogP contribution in [0.15, 0.2) is 48.9 Å². The fraction of sp³-hybridized carbons (Fsp3) is 0.405. The second-order valence-corrected chi connectivity index (χ2v) is 14.5. The minimum absolute atomic E-state index is 0.218. The number of imidazole rings is 1. The van der Waals surface area contributed by atoms with Gasteiger partial charge in [-0.2, -0.15) is 5.10 Å². The number of piperidine rings is 1. The van der Waals surface area contributed by atoms with Crippen LogP contribution >= 0.6 is 11.6 Å². The third-order valence-electron chi connectivity index (χ3n) is 10.5. The van der Waals surface area contributed by atoms with Crippen molar-refractivity contribution in [2.75, 3.05) is 60.5 Å². The van der Waals surface area contributed by atoms with Crippen molar-refractivity contribution in [2.24, 2.45) is 13.0 Å². The Kier molecular flexibility index (Phi) is 9.37. The fourth-order valence-corrected chi connectivity index (χ4v) is 7.79. The normalized spacial score (nSPS) is 19.0. The summed E-state index contributed by atoms with van der Waals surface area (Å²) in [6.45, 7) is 9.57. The van der Waals surface area contributed by atoms with Crippen molar-refractivity contribution >= 4 is 51.9 Å². The molecule has 0 radical (unpaired) electrons. The zero-order chi connectivity index (χ0) is 36.8. The third kappa shape index (κ3) is 7.10. The number of piperazine rings is 1. The summed E-state index contributed by atoms with van der Waals surface area (Å²) >= 11 is 6.51. The van der Waals surface area contributed by atoms with Gasteiger partial charge in [0.05, 0.1) is 23.7 Å². The highest BCUT2D eigenvalue weighted by Crippen LogP contribution is 2.37. The van der Waals surface area contributed by atoms with Gasteiger partial charge in [-0.15, -0.1) is 0 Å². The van der Waals surface area contributed by atoms with Gasteiger partial charge in [-0.3, -0.25) is 24.6 Å². The van der Waals surface area contributed by atoms with Crippen LogP contribution in [0.1, 0.15) is 31.9 Å². The molecule has 1 aromatic carbocycles. The van der Waals surface area contributed by atoms with Crippen LogP contribution in [0, 0.1) is 18.7 Å². The van der Waals surface area contributed by atoms with Crippen LogP contribution in [0.3, 0.4) is 0 Å². The number of hydrogen-bond acceptors (Lipinski definition) is 10. The predicted molar refractivity (Wildman–Crippen MR) is 200 cm³/mol. The number of urea groups is 1. The molecule has 0 unspecified atom stereocenters. The maximum Gasteiger partial charge on any atom is 0.328 e. The van der Waals surface area contributed by atoms with E-state index in [4.69, 9.17) is 16.3 Å². The molecule has 3 fully saturated rings. The predicted octanol–water partition coefficient (Wildman–Crippen LogP) is 5.52. The van der Waals surface area contributed by atoms with Gasteiger partial charge in [-0.05, 0) is 56.9 Å². The zero-order valence-corrected chi connectivity index (χ0v) is 30.6. The highest BCUT2D eigenvalue weighted by atomic mass is 35.5. The summed E-state index contributed by atoms with van der Waals surface area (Å²) in [6, 6.07) is 9.22. The van der Waals surface area contributed by atoms with E-state index in [0.717, 1.165) is 61.7 Å². The van der Waals surface area contributed by atoms with Gasteiger partial charge < -0.3 is 19.5 Å². The first kappa shape index (κ1) is 34.8. The molecule has 4 aromatic heterocycles. The van der Waals surface area contributed by atoms with E-state index in [1.165, 1.54) is 18.5 Å². The summed E-state index contributed by atoms with van der Waals surface area (Å²) in [4.78, 5) is 48.9. The molecule has 53 heavy (non-hydrogen) atoms. The summed E-state index contributed by atoms with van der Waals surface area (Å²) in [7, 11) is 1.84. The number of aromatic nitrogens is 6. The Hall–Kier alpha value is -5.28. The number of hydrogen-bond donors (Lipinski definition) is 2. The van der Waals surface area contributed by atoms with E-state index in [1.54, 1.807) is 9.58 Å². The highest BCUT2D eigenvalue weighted by Gasteiger charge is 2.30. The summed E-state index contributed by atoms with van der Waals surface area (Å²) < 4.78 is 23.5. The number of halogens is 2. The number of imide groups is 1.